The molecule has 0 heterocycles. The van der Waals surface area contributed by atoms with Crippen LogP contribution in [0.1, 0.15) is 5.56 Å². The summed E-state index contributed by atoms with van der Waals surface area (Å²) in [5.41, 5.74) is 0.851. The Morgan fingerprint density at radius 1 is 1.26 bits per heavy atom. The topological polar surface area (TPSA) is 52.4 Å². The van der Waals surface area contributed by atoms with Gasteiger partial charge in [0.15, 0.2) is 0 Å². The van der Waals surface area contributed by atoms with Crippen LogP contribution in [-0.2, 0) is 5.33 Å². The van der Waals surface area contributed by atoms with E-state index in [1.807, 2.05) is 12.1 Å². The van der Waals surface area contributed by atoms with Gasteiger partial charge < -0.3 is 4.74 Å². The number of nitrogens with zero attached hydrogens (tertiary/aromatic N) is 1. The van der Waals surface area contributed by atoms with Gasteiger partial charge in [0, 0.05) is 17.0 Å². The predicted molar refractivity (Wildman–Crippen MR) is 77.3 cm³/mol. The van der Waals surface area contributed by atoms with E-state index in [2.05, 4.69) is 15.9 Å². The van der Waals surface area contributed by atoms with Crippen LogP contribution in [0.25, 0.3) is 0 Å². The number of benzene rings is 2. The molecule has 0 aliphatic heterocycles. The second kappa shape index (κ2) is 6.04. The van der Waals surface area contributed by atoms with E-state index in [0.29, 0.717) is 21.9 Å². The molecule has 2 aromatic rings. The van der Waals surface area contributed by atoms with Gasteiger partial charge in [-0.05, 0) is 12.1 Å². The van der Waals surface area contributed by atoms with E-state index in [9.17, 15) is 10.1 Å². The molecule has 0 saturated heterocycles. The Balaban J connectivity index is 2.36. The van der Waals surface area contributed by atoms with Crippen molar-refractivity contribution in [3.05, 3.63) is 63.2 Å². The zero-order chi connectivity index (χ0) is 13.8. The third-order valence-corrected chi connectivity index (χ3v) is 3.34. The van der Waals surface area contributed by atoms with E-state index in [0.717, 1.165) is 5.56 Å². The maximum absolute atomic E-state index is 10.7. The lowest BCUT2D eigenvalue weighted by Gasteiger charge is -2.11. The summed E-state index contributed by atoms with van der Waals surface area (Å²) in [5.74, 6) is 0.881. The maximum Gasteiger partial charge on any atom is 0.273 e. The number of para-hydroxylation sites is 1. The molecule has 0 saturated carbocycles. The van der Waals surface area contributed by atoms with E-state index in [1.54, 1.807) is 18.2 Å². The first-order valence-electron chi connectivity index (χ1n) is 5.37. The Morgan fingerprint density at radius 2 is 2.00 bits per heavy atom. The quantitative estimate of drug-likeness (QED) is 0.449. The van der Waals surface area contributed by atoms with Gasteiger partial charge in [0.1, 0.15) is 11.5 Å². The molecule has 19 heavy (non-hydrogen) atoms. The Hall–Kier alpha value is -1.59. The Morgan fingerprint density at radius 3 is 2.68 bits per heavy atom. The molecule has 0 atom stereocenters. The number of hydrogen-bond donors (Lipinski definition) is 0. The summed E-state index contributed by atoms with van der Waals surface area (Å²) < 4.78 is 5.66. The van der Waals surface area contributed by atoms with Crippen LogP contribution in [0.3, 0.4) is 0 Å². The number of nitro benzene ring substituents is 1. The van der Waals surface area contributed by atoms with Gasteiger partial charge in [-0.3, -0.25) is 10.1 Å². The average molecular weight is 343 g/mol. The Labute approximate surface area is 123 Å². The summed E-state index contributed by atoms with van der Waals surface area (Å²) in [6, 6.07) is 11.4. The van der Waals surface area contributed by atoms with E-state index < -0.39 is 4.92 Å². The molecule has 0 aliphatic rings. The van der Waals surface area contributed by atoms with Gasteiger partial charge in [0.2, 0.25) is 0 Å². The summed E-state index contributed by atoms with van der Waals surface area (Å²) in [4.78, 5) is 10.2. The number of ether oxygens (including phenoxy) is 1. The number of non-ortho nitro benzene ring substituents is 1. The lowest BCUT2D eigenvalue weighted by atomic mass is 10.2. The molecule has 0 spiro atoms. The highest BCUT2D eigenvalue weighted by molar-refractivity contribution is 9.08. The molecule has 2 aromatic carbocycles. The molecular weight excluding hydrogens is 334 g/mol. The highest BCUT2D eigenvalue weighted by atomic mass is 79.9. The summed E-state index contributed by atoms with van der Waals surface area (Å²) in [6.07, 6.45) is 0. The molecule has 0 amide bonds. The zero-order valence-corrected chi connectivity index (χ0v) is 12.0. The van der Waals surface area contributed by atoms with Crippen molar-refractivity contribution in [1.82, 2.24) is 0 Å². The van der Waals surface area contributed by atoms with Gasteiger partial charge in [0.25, 0.3) is 5.69 Å². The van der Waals surface area contributed by atoms with Crippen molar-refractivity contribution in [2.24, 2.45) is 0 Å². The lowest BCUT2D eigenvalue weighted by Crippen LogP contribution is -1.92. The van der Waals surface area contributed by atoms with Crippen LogP contribution in [0.2, 0.25) is 5.02 Å². The van der Waals surface area contributed by atoms with Crippen LogP contribution in [0.5, 0.6) is 11.5 Å². The molecule has 0 bridgehead atoms. The third-order valence-electron chi connectivity index (χ3n) is 2.44. The molecule has 98 valence electrons. The van der Waals surface area contributed by atoms with Crippen LogP contribution >= 0.6 is 27.5 Å². The minimum atomic E-state index is -0.467. The highest BCUT2D eigenvalue weighted by Crippen LogP contribution is 2.34. The smallest absolute Gasteiger partial charge is 0.273 e. The number of halogens is 2. The molecule has 4 nitrogen and oxygen atoms in total. The van der Waals surface area contributed by atoms with Crippen molar-refractivity contribution in [2.75, 3.05) is 0 Å². The van der Waals surface area contributed by atoms with Crippen LogP contribution < -0.4 is 4.74 Å². The van der Waals surface area contributed by atoms with E-state index >= 15 is 0 Å². The average Bonchev–Trinajstić information content (AvgIpc) is 2.41. The molecule has 0 aliphatic carbocycles. The van der Waals surface area contributed by atoms with Crippen molar-refractivity contribution in [3.8, 4) is 11.5 Å². The largest absolute Gasteiger partial charge is 0.455 e. The normalized spacial score (nSPS) is 10.2. The van der Waals surface area contributed by atoms with Gasteiger partial charge in [0.05, 0.1) is 16.0 Å². The second-order valence-corrected chi connectivity index (χ2v) is 4.69. The van der Waals surface area contributed by atoms with E-state index in [4.69, 9.17) is 16.3 Å². The van der Waals surface area contributed by atoms with Crippen LogP contribution in [-0.4, -0.2) is 4.92 Å². The summed E-state index contributed by atoms with van der Waals surface area (Å²) in [7, 11) is 0. The van der Waals surface area contributed by atoms with E-state index in [-0.39, 0.29) is 5.69 Å². The fraction of sp³-hybridized carbons (Fsp3) is 0.0769. The molecule has 0 radical (unpaired) electrons. The van der Waals surface area contributed by atoms with Crippen LogP contribution in [0, 0.1) is 10.1 Å². The predicted octanol–water partition coefficient (Wildman–Crippen LogP) is 4.94. The summed E-state index contributed by atoms with van der Waals surface area (Å²) in [6.45, 7) is 0. The zero-order valence-electron chi connectivity index (χ0n) is 9.68. The SMILES string of the molecule is O=[N+]([O-])c1cccc(Oc2c(Cl)cccc2CBr)c1. The van der Waals surface area contributed by atoms with Gasteiger partial charge in [-0.2, -0.15) is 0 Å². The third kappa shape index (κ3) is 3.24. The first-order valence-corrected chi connectivity index (χ1v) is 6.87. The minimum Gasteiger partial charge on any atom is -0.455 e. The fourth-order valence-corrected chi connectivity index (χ4v) is 2.23. The standard InChI is InChI=1S/C13H9BrClNO3/c14-8-9-3-1-6-12(15)13(9)19-11-5-2-4-10(7-11)16(17)18/h1-7H,8H2. The van der Waals surface area contributed by atoms with Gasteiger partial charge in [-0.1, -0.05) is 45.7 Å². The van der Waals surface area contributed by atoms with Crippen molar-refractivity contribution >= 4 is 33.2 Å². The second-order valence-electron chi connectivity index (χ2n) is 3.72. The van der Waals surface area contributed by atoms with Gasteiger partial charge in [-0.15, -0.1) is 0 Å². The van der Waals surface area contributed by atoms with Crippen molar-refractivity contribution in [3.63, 3.8) is 0 Å². The lowest BCUT2D eigenvalue weighted by molar-refractivity contribution is -0.384. The number of alkyl halides is 1. The molecule has 0 N–H and O–H groups in total. The summed E-state index contributed by atoms with van der Waals surface area (Å²) in [5, 5.41) is 11.8. The molecular formula is C13H9BrClNO3. The van der Waals surface area contributed by atoms with Gasteiger partial charge >= 0.3 is 0 Å². The molecule has 0 aromatic heterocycles. The van der Waals surface area contributed by atoms with Gasteiger partial charge in [-0.25, -0.2) is 0 Å². The van der Waals surface area contributed by atoms with Crippen LogP contribution in [0.15, 0.2) is 42.5 Å². The highest BCUT2D eigenvalue weighted by Gasteiger charge is 2.11. The Kier molecular flexibility index (Phi) is 4.39. The number of nitro groups is 1. The number of hydrogen-bond acceptors (Lipinski definition) is 3. The monoisotopic (exact) mass is 341 g/mol. The fourth-order valence-electron chi connectivity index (χ4n) is 1.55. The summed E-state index contributed by atoms with van der Waals surface area (Å²) >= 11 is 9.43. The van der Waals surface area contributed by atoms with Crippen molar-refractivity contribution in [2.45, 2.75) is 5.33 Å². The number of rotatable bonds is 4. The first kappa shape index (κ1) is 13.8. The molecule has 0 unspecified atom stereocenters. The van der Waals surface area contributed by atoms with E-state index in [1.165, 1.54) is 12.1 Å². The van der Waals surface area contributed by atoms with Crippen LogP contribution in [0.4, 0.5) is 5.69 Å². The molecule has 0 fully saturated rings. The Bertz CT molecular complexity index is 619. The molecule has 6 heteroatoms. The van der Waals surface area contributed by atoms with Crippen molar-refractivity contribution in [1.29, 1.82) is 0 Å². The minimum absolute atomic E-state index is 0.0232. The first-order chi connectivity index (χ1) is 9.11. The molecule has 2 rings (SSSR count). The van der Waals surface area contributed by atoms with Crippen molar-refractivity contribution < 1.29 is 9.66 Å². The maximum atomic E-state index is 10.7.